The smallest absolute Gasteiger partial charge is 0.341 e. The third-order valence-corrected chi connectivity index (χ3v) is 3.47. The van der Waals surface area contributed by atoms with Crippen LogP contribution in [0.5, 0.6) is 5.75 Å². The minimum Gasteiger partial charge on any atom is -0.492 e. The molecule has 0 saturated heterocycles. The molecule has 2 rings (SSSR count). The summed E-state index contributed by atoms with van der Waals surface area (Å²) in [5.74, 6) is 0.339. The van der Waals surface area contributed by atoms with Crippen LogP contribution < -0.4 is 9.46 Å². The largest absolute Gasteiger partial charge is 0.492 e. The van der Waals surface area contributed by atoms with E-state index < -0.39 is 16.0 Å². The third kappa shape index (κ3) is 4.12. The zero-order valence-electron chi connectivity index (χ0n) is 11.4. The number of carbonyl (C=O) groups excluding carboxylic acids is 1. The Kier molecular flexibility index (Phi) is 4.17. The highest BCUT2D eigenvalue weighted by Crippen LogP contribution is 2.31. The Morgan fingerprint density at radius 2 is 2.10 bits per heavy atom. The number of nitrogens with one attached hydrogen (secondary N) is 1. The Labute approximate surface area is 118 Å². The van der Waals surface area contributed by atoms with Gasteiger partial charge in [-0.15, -0.1) is 0 Å². The Hall–Kier alpha value is -1.76. The highest BCUT2D eigenvalue weighted by molar-refractivity contribution is 7.92. The summed E-state index contributed by atoms with van der Waals surface area (Å²) in [6.45, 7) is 0.520. The first kappa shape index (κ1) is 14.6. The van der Waals surface area contributed by atoms with E-state index in [4.69, 9.17) is 4.74 Å². The van der Waals surface area contributed by atoms with Crippen LogP contribution in [-0.2, 0) is 14.8 Å². The molecule has 0 atom stereocenters. The minimum absolute atomic E-state index is 0.284. The van der Waals surface area contributed by atoms with Crippen LogP contribution in [-0.4, -0.2) is 34.4 Å². The number of hydrogen-bond acceptors (Lipinski definition) is 5. The molecule has 1 N–H and O–H groups in total. The van der Waals surface area contributed by atoms with E-state index in [2.05, 4.69) is 9.46 Å². The second kappa shape index (κ2) is 5.70. The van der Waals surface area contributed by atoms with E-state index >= 15 is 0 Å². The molecule has 0 unspecified atom stereocenters. The molecule has 20 heavy (non-hydrogen) atoms. The van der Waals surface area contributed by atoms with Gasteiger partial charge in [-0.3, -0.25) is 4.72 Å². The third-order valence-electron chi connectivity index (χ3n) is 2.86. The number of rotatable bonds is 6. The molecule has 1 aromatic carbocycles. The Bertz CT molecular complexity index is 607. The van der Waals surface area contributed by atoms with E-state index in [0.717, 1.165) is 19.1 Å². The van der Waals surface area contributed by atoms with Crippen molar-refractivity contribution in [2.24, 2.45) is 5.92 Å². The van der Waals surface area contributed by atoms with Crippen molar-refractivity contribution in [3.8, 4) is 5.75 Å². The summed E-state index contributed by atoms with van der Waals surface area (Å²) in [6.07, 6.45) is 3.30. The number of benzene rings is 1. The van der Waals surface area contributed by atoms with Gasteiger partial charge in [-0.1, -0.05) is 0 Å². The molecule has 0 radical (unpaired) electrons. The number of anilines is 1. The average molecular weight is 299 g/mol. The maximum Gasteiger partial charge on any atom is 0.341 e. The van der Waals surface area contributed by atoms with Crippen molar-refractivity contribution >= 4 is 21.7 Å². The highest BCUT2D eigenvalue weighted by atomic mass is 32.2. The maximum atomic E-state index is 11.7. The van der Waals surface area contributed by atoms with Crippen LogP contribution in [0, 0.1) is 5.92 Å². The van der Waals surface area contributed by atoms with Gasteiger partial charge in [-0.05, 0) is 30.9 Å². The molecule has 7 heteroatoms. The van der Waals surface area contributed by atoms with Crippen molar-refractivity contribution in [1.29, 1.82) is 0 Å². The van der Waals surface area contributed by atoms with Gasteiger partial charge in [0.1, 0.15) is 11.3 Å². The van der Waals surface area contributed by atoms with E-state index in [-0.39, 0.29) is 5.56 Å². The number of sulfonamides is 1. The average Bonchev–Trinajstić information content (AvgIpc) is 3.17. The molecule has 0 aromatic heterocycles. The van der Waals surface area contributed by atoms with Crippen LogP contribution in [0.4, 0.5) is 5.69 Å². The van der Waals surface area contributed by atoms with Gasteiger partial charge in [0.05, 0.1) is 25.7 Å². The van der Waals surface area contributed by atoms with E-state index in [1.54, 1.807) is 0 Å². The van der Waals surface area contributed by atoms with Crippen LogP contribution in [0.2, 0.25) is 0 Å². The first-order valence-electron chi connectivity index (χ1n) is 6.22. The van der Waals surface area contributed by atoms with Gasteiger partial charge in [0.2, 0.25) is 10.0 Å². The summed E-state index contributed by atoms with van der Waals surface area (Å²) in [5.41, 5.74) is 0.637. The van der Waals surface area contributed by atoms with Gasteiger partial charge in [-0.25, -0.2) is 13.2 Å². The van der Waals surface area contributed by atoms with Crippen LogP contribution in [0.3, 0.4) is 0 Å². The molecule has 1 aromatic rings. The van der Waals surface area contributed by atoms with E-state index in [0.29, 0.717) is 24.0 Å². The first-order chi connectivity index (χ1) is 9.39. The summed E-state index contributed by atoms with van der Waals surface area (Å²) < 4.78 is 35.1. The molecular formula is C13H17NO5S. The molecule has 0 bridgehead atoms. The summed E-state index contributed by atoms with van der Waals surface area (Å²) in [4.78, 5) is 11.7. The summed E-state index contributed by atoms with van der Waals surface area (Å²) in [5, 5.41) is 0. The molecule has 0 spiro atoms. The fraction of sp³-hybridized carbons (Fsp3) is 0.462. The van der Waals surface area contributed by atoms with Crippen molar-refractivity contribution in [2.75, 3.05) is 24.7 Å². The predicted molar refractivity (Wildman–Crippen MR) is 74.5 cm³/mol. The molecule has 1 aliphatic carbocycles. The molecule has 0 aliphatic heterocycles. The van der Waals surface area contributed by atoms with Crippen molar-refractivity contribution in [3.05, 3.63) is 23.8 Å². The van der Waals surface area contributed by atoms with Gasteiger partial charge in [-0.2, -0.15) is 0 Å². The Morgan fingerprint density at radius 3 is 2.65 bits per heavy atom. The standard InChI is InChI=1S/C13H17NO5S/c1-18-13(15)11-6-5-10(14-20(2,16)17)7-12(11)19-8-9-3-4-9/h5-7,9,14H,3-4,8H2,1-2H3. The van der Waals surface area contributed by atoms with Gasteiger partial charge < -0.3 is 9.47 Å². The molecule has 1 fully saturated rings. The highest BCUT2D eigenvalue weighted by Gasteiger charge is 2.23. The van der Waals surface area contributed by atoms with Gasteiger partial charge in [0.25, 0.3) is 0 Å². The van der Waals surface area contributed by atoms with Gasteiger partial charge in [0.15, 0.2) is 0 Å². The molecule has 0 amide bonds. The van der Waals surface area contributed by atoms with E-state index in [1.165, 1.54) is 25.3 Å². The number of carbonyl (C=O) groups is 1. The molecule has 6 nitrogen and oxygen atoms in total. The summed E-state index contributed by atoms with van der Waals surface area (Å²) >= 11 is 0. The number of hydrogen-bond donors (Lipinski definition) is 1. The zero-order valence-corrected chi connectivity index (χ0v) is 12.2. The lowest BCUT2D eigenvalue weighted by molar-refractivity contribution is 0.0596. The monoisotopic (exact) mass is 299 g/mol. The molecule has 0 heterocycles. The molecular weight excluding hydrogens is 282 g/mol. The maximum absolute atomic E-state index is 11.7. The quantitative estimate of drug-likeness (QED) is 0.807. The summed E-state index contributed by atoms with van der Waals surface area (Å²) in [7, 11) is -2.09. The minimum atomic E-state index is -3.37. The Balaban J connectivity index is 2.24. The van der Waals surface area contributed by atoms with Gasteiger partial charge in [0, 0.05) is 6.07 Å². The lowest BCUT2D eigenvalue weighted by Crippen LogP contribution is -2.12. The lowest BCUT2D eigenvalue weighted by Gasteiger charge is -2.12. The molecule has 1 saturated carbocycles. The van der Waals surface area contributed by atoms with Crippen molar-refractivity contribution in [2.45, 2.75) is 12.8 Å². The lowest BCUT2D eigenvalue weighted by atomic mass is 10.2. The van der Waals surface area contributed by atoms with E-state index in [1.807, 2.05) is 0 Å². The van der Waals surface area contributed by atoms with Crippen LogP contribution in [0.15, 0.2) is 18.2 Å². The number of methoxy groups -OCH3 is 1. The van der Waals surface area contributed by atoms with Gasteiger partial charge >= 0.3 is 5.97 Å². The van der Waals surface area contributed by atoms with Crippen molar-refractivity contribution in [1.82, 2.24) is 0 Å². The fourth-order valence-corrected chi connectivity index (χ4v) is 2.25. The second-order valence-corrected chi connectivity index (χ2v) is 6.58. The SMILES string of the molecule is COC(=O)c1ccc(NS(C)(=O)=O)cc1OCC1CC1. The number of esters is 1. The summed E-state index contributed by atoms with van der Waals surface area (Å²) in [6, 6.07) is 4.48. The van der Waals surface area contributed by atoms with Crippen LogP contribution >= 0.6 is 0 Å². The van der Waals surface area contributed by atoms with Crippen molar-refractivity contribution in [3.63, 3.8) is 0 Å². The zero-order chi connectivity index (χ0) is 14.8. The topological polar surface area (TPSA) is 81.7 Å². The van der Waals surface area contributed by atoms with Crippen LogP contribution in [0.1, 0.15) is 23.2 Å². The Morgan fingerprint density at radius 1 is 1.40 bits per heavy atom. The predicted octanol–water partition coefficient (Wildman–Crippen LogP) is 1.63. The first-order valence-corrected chi connectivity index (χ1v) is 8.11. The number of ether oxygens (including phenoxy) is 2. The fourth-order valence-electron chi connectivity index (χ4n) is 1.69. The van der Waals surface area contributed by atoms with E-state index in [9.17, 15) is 13.2 Å². The normalized spacial score (nSPS) is 14.7. The molecule has 110 valence electrons. The molecule has 1 aliphatic rings. The second-order valence-electron chi connectivity index (χ2n) is 4.83. The van der Waals surface area contributed by atoms with Crippen molar-refractivity contribution < 1.29 is 22.7 Å². The van der Waals surface area contributed by atoms with Crippen LogP contribution in [0.25, 0.3) is 0 Å².